The second-order valence-corrected chi connectivity index (χ2v) is 6.20. The molecule has 0 aliphatic carbocycles. The first kappa shape index (κ1) is 12.3. The van der Waals surface area contributed by atoms with Gasteiger partial charge in [0.15, 0.2) is 0 Å². The zero-order chi connectivity index (χ0) is 11.5. The van der Waals surface area contributed by atoms with Gasteiger partial charge >= 0.3 is 0 Å². The van der Waals surface area contributed by atoms with Gasteiger partial charge in [0, 0.05) is 30.6 Å². The summed E-state index contributed by atoms with van der Waals surface area (Å²) >= 11 is 7.52. The predicted molar refractivity (Wildman–Crippen MR) is 68.1 cm³/mol. The van der Waals surface area contributed by atoms with Gasteiger partial charge in [0.05, 0.1) is 10.4 Å². The second kappa shape index (κ2) is 5.47. The standard InChI is InChI=1S/C11H17ClN2OS/c1-14(6-8-4-9(15)5-13-8)7-10-2-3-11(12)16-10/h2-3,8-9,13,15H,4-7H2,1H3. The minimum atomic E-state index is -0.172. The zero-order valence-corrected chi connectivity index (χ0v) is 10.9. The molecule has 0 saturated carbocycles. The summed E-state index contributed by atoms with van der Waals surface area (Å²) in [5.41, 5.74) is 0. The van der Waals surface area contributed by atoms with Crippen molar-refractivity contribution in [1.29, 1.82) is 0 Å². The Morgan fingerprint density at radius 1 is 1.62 bits per heavy atom. The summed E-state index contributed by atoms with van der Waals surface area (Å²) in [6.45, 7) is 2.61. The van der Waals surface area contributed by atoms with E-state index in [0.29, 0.717) is 6.04 Å². The predicted octanol–water partition coefficient (Wildman–Crippen LogP) is 1.56. The number of halogens is 1. The minimum absolute atomic E-state index is 0.172. The number of nitrogens with zero attached hydrogens (tertiary/aromatic N) is 1. The molecule has 0 radical (unpaired) electrons. The molecule has 2 atom stereocenters. The molecular weight excluding hydrogens is 244 g/mol. The number of likely N-dealkylation sites (N-methyl/N-ethyl adjacent to an activating group) is 1. The van der Waals surface area contributed by atoms with Crippen molar-refractivity contribution in [3.8, 4) is 0 Å². The fourth-order valence-corrected chi connectivity index (χ4v) is 3.25. The average molecular weight is 261 g/mol. The van der Waals surface area contributed by atoms with Crippen LogP contribution in [0.15, 0.2) is 12.1 Å². The van der Waals surface area contributed by atoms with Gasteiger partial charge in [-0.1, -0.05) is 11.6 Å². The Kier molecular flexibility index (Phi) is 4.21. The van der Waals surface area contributed by atoms with Crippen molar-refractivity contribution in [3.05, 3.63) is 21.3 Å². The van der Waals surface area contributed by atoms with E-state index in [1.807, 2.05) is 6.07 Å². The average Bonchev–Trinajstić information content (AvgIpc) is 2.76. The van der Waals surface area contributed by atoms with Gasteiger partial charge in [-0.25, -0.2) is 0 Å². The lowest BCUT2D eigenvalue weighted by molar-refractivity contribution is 0.189. The molecule has 1 saturated heterocycles. The van der Waals surface area contributed by atoms with Crippen molar-refractivity contribution < 1.29 is 5.11 Å². The van der Waals surface area contributed by atoms with Crippen LogP contribution in [0.25, 0.3) is 0 Å². The van der Waals surface area contributed by atoms with Crippen LogP contribution >= 0.6 is 22.9 Å². The minimum Gasteiger partial charge on any atom is -0.392 e. The second-order valence-electron chi connectivity index (χ2n) is 4.40. The highest BCUT2D eigenvalue weighted by Crippen LogP contribution is 2.22. The summed E-state index contributed by atoms with van der Waals surface area (Å²) in [6.07, 6.45) is 0.685. The Morgan fingerprint density at radius 3 is 3.00 bits per heavy atom. The highest BCUT2D eigenvalue weighted by Gasteiger charge is 2.22. The third-order valence-corrected chi connectivity index (χ3v) is 4.00. The van der Waals surface area contributed by atoms with E-state index in [2.05, 4.69) is 23.3 Å². The van der Waals surface area contributed by atoms with Crippen LogP contribution in [0.4, 0.5) is 0 Å². The number of rotatable bonds is 4. The van der Waals surface area contributed by atoms with Crippen LogP contribution in [-0.4, -0.2) is 42.3 Å². The van der Waals surface area contributed by atoms with Gasteiger partial charge in [-0.05, 0) is 25.6 Å². The number of aliphatic hydroxyl groups is 1. The van der Waals surface area contributed by atoms with E-state index in [9.17, 15) is 5.11 Å². The first-order valence-electron chi connectivity index (χ1n) is 5.47. The van der Waals surface area contributed by atoms with E-state index in [1.54, 1.807) is 11.3 Å². The third-order valence-electron chi connectivity index (χ3n) is 2.79. The van der Waals surface area contributed by atoms with Gasteiger partial charge in [0.25, 0.3) is 0 Å². The summed E-state index contributed by atoms with van der Waals surface area (Å²) in [5.74, 6) is 0. The van der Waals surface area contributed by atoms with Crippen LogP contribution in [0.5, 0.6) is 0 Å². The maximum atomic E-state index is 9.41. The molecule has 5 heteroatoms. The van der Waals surface area contributed by atoms with Gasteiger partial charge in [0.1, 0.15) is 0 Å². The molecule has 2 rings (SSSR count). The molecule has 90 valence electrons. The maximum absolute atomic E-state index is 9.41. The molecule has 0 amide bonds. The van der Waals surface area contributed by atoms with Crippen LogP contribution < -0.4 is 5.32 Å². The SMILES string of the molecule is CN(Cc1ccc(Cl)s1)CC1CC(O)CN1. The number of hydrogen-bond donors (Lipinski definition) is 2. The van der Waals surface area contributed by atoms with Crippen LogP contribution in [-0.2, 0) is 6.54 Å². The van der Waals surface area contributed by atoms with Gasteiger partial charge < -0.3 is 10.4 Å². The number of aliphatic hydroxyl groups excluding tert-OH is 1. The molecule has 1 aromatic heterocycles. The molecule has 1 aliphatic heterocycles. The fourth-order valence-electron chi connectivity index (χ4n) is 2.08. The molecule has 2 unspecified atom stereocenters. The monoisotopic (exact) mass is 260 g/mol. The normalized spacial score (nSPS) is 25.5. The third kappa shape index (κ3) is 3.43. The van der Waals surface area contributed by atoms with E-state index in [0.717, 1.165) is 30.4 Å². The van der Waals surface area contributed by atoms with E-state index >= 15 is 0 Å². The Balaban J connectivity index is 1.78. The number of hydrogen-bond acceptors (Lipinski definition) is 4. The van der Waals surface area contributed by atoms with Crippen LogP contribution in [0.2, 0.25) is 4.34 Å². The number of nitrogens with one attached hydrogen (secondary N) is 1. The number of β-amino-alcohol motifs (C(OH)–C–C–N with tert-alkyl or cyclic N) is 1. The maximum Gasteiger partial charge on any atom is 0.0931 e. The van der Waals surface area contributed by atoms with Gasteiger partial charge in [0.2, 0.25) is 0 Å². The molecule has 2 N–H and O–H groups in total. The van der Waals surface area contributed by atoms with Crippen LogP contribution in [0.3, 0.4) is 0 Å². The summed E-state index contributed by atoms with van der Waals surface area (Å²) in [7, 11) is 2.10. The van der Waals surface area contributed by atoms with E-state index < -0.39 is 0 Å². The lowest BCUT2D eigenvalue weighted by Crippen LogP contribution is -2.34. The van der Waals surface area contributed by atoms with E-state index in [4.69, 9.17) is 11.6 Å². The molecule has 0 aromatic carbocycles. The number of thiophene rings is 1. The van der Waals surface area contributed by atoms with Gasteiger partial charge in [-0.15, -0.1) is 11.3 Å². The first-order chi connectivity index (χ1) is 7.63. The summed E-state index contributed by atoms with van der Waals surface area (Å²) < 4.78 is 0.845. The summed E-state index contributed by atoms with van der Waals surface area (Å²) in [5, 5.41) is 12.7. The van der Waals surface area contributed by atoms with Gasteiger partial charge in [-0.3, -0.25) is 4.90 Å². The van der Waals surface area contributed by atoms with Crippen LogP contribution in [0.1, 0.15) is 11.3 Å². The lowest BCUT2D eigenvalue weighted by Gasteiger charge is -2.20. The van der Waals surface area contributed by atoms with Crippen molar-refractivity contribution >= 4 is 22.9 Å². The molecule has 0 spiro atoms. The van der Waals surface area contributed by atoms with E-state index in [1.165, 1.54) is 4.88 Å². The fraction of sp³-hybridized carbons (Fsp3) is 0.636. The molecule has 3 nitrogen and oxygen atoms in total. The molecule has 1 aliphatic rings. The lowest BCUT2D eigenvalue weighted by atomic mass is 10.2. The van der Waals surface area contributed by atoms with Crippen LogP contribution in [0, 0.1) is 0 Å². The highest BCUT2D eigenvalue weighted by molar-refractivity contribution is 7.16. The Labute approximate surface area is 105 Å². The molecule has 16 heavy (non-hydrogen) atoms. The Hall–Kier alpha value is -0.130. The quantitative estimate of drug-likeness (QED) is 0.863. The van der Waals surface area contributed by atoms with Crippen molar-refractivity contribution in [2.45, 2.75) is 25.1 Å². The van der Waals surface area contributed by atoms with E-state index in [-0.39, 0.29) is 6.10 Å². The Morgan fingerprint density at radius 2 is 2.44 bits per heavy atom. The molecule has 1 fully saturated rings. The summed E-state index contributed by atoms with van der Waals surface area (Å²) in [6, 6.07) is 4.42. The van der Waals surface area contributed by atoms with Crippen molar-refractivity contribution in [1.82, 2.24) is 10.2 Å². The summed E-state index contributed by atoms with van der Waals surface area (Å²) in [4.78, 5) is 3.55. The molecule has 1 aromatic rings. The topological polar surface area (TPSA) is 35.5 Å². The molecule has 2 heterocycles. The van der Waals surface area contributed by atoms with Crippen molar-refractivity contribution in [2.75, 3.05) is 20.1 Å². The zero-order valence-electron chi connectivity index (χ0n) is 9.32. The van der Waals surface area contributed by atoms with Crippen molar-refractivity contribution in [2.24, 2.45) is 0 Å². The Bertz CT molecular complexity index is 344. The van der Waals surface area contributed by atoms with Gasteiger partial charge in [-0.2, -0.15) is 0 Å². The highest BCUT2D eigenvalue weighted by atomic mass is 35.5. The largest absolute Gasteiger partial charge is 0.392 e. The molecule has 0 bridgehead atoms. The van der Waals surface area contributed by atoms with Crippen molar-refractivity contribution in [3.63, 3.8) is 0 Å². The smallest absolute Gasteiger partial charge is 0.0931 e. The molecular formula is C11H17ClN2OS. The first-order valence-corrected chi connectivity index (χ1v) is 6.67.